The Morgan fingerprint density at radius 2 is 1.94 bits per heavy atom. The van der Waals surface area contributed by atoms with Gasteiger partial charge in [-0.1, -0.05) is 18.2 Å². The molecule has 4 rings (SSSR count). The Balaban J connectivity index is 1.45. The third kappa shape index (κ3) is 5.85. The van der Waals surface area contributed by atoms with Crippen LogP contribution in [-0.4, -0.2) is 35.6 Å². The Bertz CT molecular complexity index is 1200. The number of carbonyl (C=O) groups excluding carboxylic acids is 2. The minimum atomic E-state index is -1.01. The fraction of sp³-hybridized carbons (Fsp3) is 0.320. The first-order valence-corrected chi connectivity index (χ1v) is 11.1. The number of aromatic nitrogens is 1. The van der Waals surface area contributed by atoms with E-state index in [0.717, 1.165) is 41.3 Å². The van der Waals surface area contributed by atoms with Gasteiger partial charge in [-0.25, -0.2) is 13.8 Å². The van der Waals surface area contributed by atoms with Crippen LogP contribution in [0.15, 0.2) is 48.7 Å². The molecule has 1 saturated heterocycles. The Kier molecular flexibility index (Phi) is 7.32. The summed E-state index contributed by atoms with van der Waals surface area (Å²) in [4.78, 5) is 29.6. The maximum atomic E-state index is 13.7. The first-order chi connectivity index (χ1) is 16.4. The molecule has 2 amide bonds. The highest BCUT2D eigenvalue weighted by Gasteiger charge is 2.25. The lowest BCUT2D eigenvalue weighted by molar-refractivity contribution is -0.130. The molecule has 0 unspecified atom stereocenters. The predicted octanol–water partition coefficient (Wildman–Crippen LogP) is 3.01. The van der Waals surface area contributed by atoms with Gasteiger partial charge in [-0.3, -0.25) is 9.59 Å². The summed E-state index contributed by atoms with van der Waals surface area (Å²) in [6.07, 6.45) is 3.27. The summed E-state index contributed by atoms with van der Waals surface area (Å²) in [5.74, 6) is -2.32. The average Bonchev–Trinajstić information content (AvgIpc) is 3.32. The van der Waals surface area contributed by atoms with E-state index in [1.54, 1.807) is 6.20 Å². The number of nitrogen functional groups attached to an aromatic ring is 1. The van der Waals surface area contributed by atoms with Gasteiger partial charge in [-0.05, 0) is 53.6 Å². The topological polar surface area (TPSA) is 106 Å². The van der Waals surface area contributed by atoms with Gasteiger partial charge in [0.2, 0.25) is 11.8 Å². The third-order valence-electron chi connectivity index (χ3n) is 5.84. The van der Waals surface area contributed by atoms with Crippen molar-refractivity contribution >= 4 is 28.4 Å². The highest BCUT2D eigenvalue weighted by molar-refractivity contribution is 5.91. The second-order valence-corrected chi connectivity index (χ2v) is 8.38. The Morgan fingerprint density at radius 1 is 1.12 bits per heavy atom. The first kappa shape index (κ1) is 23.6. The number of ether oxygens (including phenoxy) is 1. The quantitative estimate of drug-likeness (QED) is 0.471. The maximum Gasteiger partial charge on any atom is 0.243 e. The highest BCUT2D eigenvalue weighted by Crippen LogP contribution is 2.20. The van der Waals surface area contributed by atoms with Crippen LogP contribution in [0.2, 0.25) is 0 Å². The fourth-order valence-electron chi connectivity index (χ4n) is 4.05. The summed E-state index contributed by atoms with van der Waals surface area (Å²) in [6, 6.07) is 9.86. The van der Waals surface area contributed by atoms with Crippen molar-refractivity contribution in [1.29, 1.82) is 0 Å². The Labute approximate surface area is 195 Å². The molecule has 34 heavy (non-hydrogen) atoms. The number of anilines is 1. The lowest BCUT2D eigenvalue weighted by Crippen LogP contribution is -2.48. The minimum Gasteiger partial charge on any atom is -0.383 e. The van der Waals surface area contributed by atoms with Gasteiger partial charge in [-0.15, -0.1) is 0 Å². The molecule has 0 saturated carbocycles. The molecular formula is C25H26F2N4O3. The number of pyridine rings is 1. The van der Waals surface area contributed by atoms with Gasteiger partial charge in [0.1, 0.15) is 11.9 Å². The number of halogens is 2. The molecule has 2 heterocycles. The Morgan fingerprint density at radius 3 is 2.71 bits per heavy atom. The van der Waals surface area contributed by atoms with Gasteiger partial charge in [-0.2, -0.15) is 0 Å². The second kappa shape index (κ2) is 10.6. The molecule has 0 radical (unpaired) electrons. The van der Waals surface area contributed by atoms with Crippen molar-refractivity contribution < 1.29 is 23.1 Å². The van der Waals surface area contributed by atoms with Crippen molar-refractivity contribution in [3.63, 3.8) is 0 Å². The van der Waals surface area contributed by atoms with E-state index in [0.29, 0.717) is 18.0 Å². The molecule has 0 spiro atoms. The monoisotopic (exact) mass is 468 g/mol. The number of benzene rings is 2. The van der Waals surface area contributed by atoms with E-state index < -0.39 is 23.6 Å². The van der Waals surface area contributed by atoms with Crippen molar-refractivity contribution in [3.8, 4) is 0 Å². The van der Waals surface area contributed by atoms with Crippen LogP contribution in [-0.2, 0) is 27.3 Å². The summed E-state index contributed by atoms with van der Waals surface area (Å²) >= 11 is 0. The number of carbonyl (C=O) groups is 2. The van der Waals surface area contributed by atoms with E-state index in [9.17, 15) is 18.4 Å². The van der Waals surface area contributed by atoms with Gasteiger partial charge >= 0.3 is 0 Å². The molecule has 3 aromatic rings. The first-order valence-electron chi connectivity index (χ1n) is 11.1. The molecule has 1 aromatic heterocycles. The van der Waals surface area contributed by atoms with Crippen molar-refractivity contribution in [3.05, 3.63) is 71.4 Å². The Hall–Kier alpha value is -3.59. The number of hydrogen-bond acceptors (Lipinski definition) is 5. The number of amides is 2. The summed E-state index contributed by atoms with van der Waals surface area (Å²) in [5, 5.41) is 7.26. The predicted molar refractivity (Wildman–Crippen MR) is 124 cm³/mol. The second-order valence-electron chi connectivity index (χ2n) is 8.38. The van der Waals surface area contributed by atoms with Crippen molar-refractivity contribution in [2.75, 3.05) is 12.3 Å². The molecule has 2 aromatic carbocycles. The fourth-order valence-corrected chi connectivity index (χ4v) is 4.05. The van der Waals surface area contributed by atoms with Crippen molar-refractivity contribution in [2.45, 2.75) is 44.4 Å². The zero-order valence-electron chi connectivity index (χ0n) is 18.5. The zero-order chi connectivity index (χ0) is 24.1. The molecule has 178 valence electrons. The molecule has 1 aliphatic heterocycles. The largest absolute Gasteiger partial charge is 0.383 e. The number of nitrogens with zero attached hydrogens (tertiary/aromatic N) is 1. The highest BCUT2D eigenvalue weighted by atomic mass is 19.2. The van der Waals surface area contributed by atoms with Gasteiger partial charge in [0.05, 0.1) is 12.5 Å². The number of nitrogens with two attached hydrogens (primary N) is 1. The zero-order valence-corrected chi connectivity index (χ0v) is 18.5. The standard InChI is InChI=1S/C25H26F2N4O3/c26-20-6-4-15(11-21(20)27)12-22(31-23(32)13-18-2-1-9-34-18)25(33)30-14-16-3-5-19-17(10-16)7-8-29-24(19)28/h3-8,10-11,18,22H,1-2,9,12-14H2,(H2,28,29)(H,30,33)(H,31,32)/t18-,22-/m0/s1. The molecule has 9 heteroatoms. The average molecular weight is 469 g/mol. The SMILES string of the molecule is Nc1nccc2cc(CNC(=O)[C@H](Cc3ccc(F)c(F)c3)NC(=O)C[C@@H]3CCCO3)ccc12. The lowest BCUT2D eigenvalue weighted by Gasteiger charge is -2.20. The third-order valence-corrected chi connectivity index (χ3v) is 5.84. The van der Waals surface area contributed by atoms with E-state index in [2.05, 4.69) is 15.6 Å². The van der Waals surface area contributed by atoms with Crippen LogP contribution in [0.3, 0.4) is 0 Å². The number of rotatable bonds is 8. The lowest BCUT2D eigenvalue weighted by atomic mass is 10.0. The summed E-state index contributed by atoms with van der Waals surface area (Å²) < 4.78 is 32.5. The molecule has 4 N–H and O–H groups in total. The van der Waals surface area contributed by atoms with Gasteiger partial charge < -0.3 is 21.1 Å². The van der Waals surface area contributed by atoms with Gasteiger partial charge in [0.15, 0.2) is 11.6 Å². The van der Waals surface area contributed by atoms with Crippen LogP contribution >= 0.6 is 0 Å². The molecule has 0 aliphatic carbocycles. The van der Waals surface area contributed by atoms with Crippen molar-refractivity contribution in [1.82, 2.24) is 15.6 Å². The maximum absolute atomic E-state index is 13.7. The van der Waals surface area contributed by atoms with Crippen LogP contribution in [0.4, 0.5) is 14.6 Å². The molecule has 0 bridgehead atoms. The molecular weight excluding hydrogens is 442 g/mol. The van der Waals surface area contributed by atoms with E-state index in [4.69, 9.17) is 10.5 Å². The van der Waals surface area contributed by atoms with Crippen LogP contribution < -0.4 is 16.4 Å². The van der Waals surface area contributed by atoms with E-state index in [1.807, 2.05) is 24.3 Å². The van der Waals surface area contributed by atoms with Crippen LogP contribution in [0.25, 0.3) is 10.8 Å². The normalized spacial score (nSPS) is 16.4. The number of nitrogens with one attached hydrogen (secondary N) is 2. The summed E-state index contributed by atoms with van der Waals surface area (Å²) in [6.45, 7) is 0.830. The number of fused-ring (bicyclic) bond motifs is 1. The molecule has 1 fully saturated rings. The van der Waals surface area contributed by atoms with E-state index in [-0.39, 0.29) is 31.4 Å². The van der Waals surface area contributed by atoms with Crippen LogP contribution in [0.5, 0.6) is 0 Å². The van der Waals surface area contributed by atoms with Gasteiger partial charge in [0, 0.05) is 31.2 Å². The van der Waals surface area contributed by atoms with E-state index >= 15 is 0 Å². The number of hydrogen-bond donors (Lipinski definition) is 3. The molecule has 1 aliphatic rings. The van der Waals surface area contributed by atoms with Gasteiger partial charge in [0.25, 0.3) is 0 Å². The molecule has 7 nitrogen and oxygen atoms in total. The molecule has 2 atom stereocenters. The minimum absolute atomic E-state index is 0.0141. The summed E-state index contributed by atoms with van der Waals surface area (Å²) in [5.41, 5.74) is 7.12. The summed E-state index contributed by atoms with van der Waals surface area (Å²) in [7, 11) is 0. The van der Waals surface area contributed by atoms with Crippen molar-refractivity contribution in [2.24, 2.45) is 0 Å². The van der Waals surface area contributed by atoms with Crippen LogP contribution in [0.1, 0.15) is 30.4 Å². The van der Waals surface area contributed by atoms with Crippen LogP contribution in [0, 0.1) is 11.6 Å². The van der Waals surface area contributed by atoms with E-state index in [1.165, 1.54) is 6.07 Å². The smallest absolute Gasteiger partial charge is 0.243 e.